The predicted molar refractivity (Wildman–Crippen MR) is 96.6 cm³/mol. The molecule has 0 radical (unpaired) electrons. The Bertz CT molecular complexity index is 724. The van der Waals surface area contributed by atoms with E-state index < -0.39 is 12.0 Å². The molecule has 5 heteroatoms. The zero-order chi connectivity index (χ0) is 18.2. The molecule has 1 aromatic rings. The molecule has 2 N–H and O–H groups in total. The van der Waals surface area contributed by atoms with Crippen LogP contribution < -0.4 is 10.6 Å². The molecule has 0 saturated heterocycles. The van der Waals surface area contributed by atoms with E-state index in [4.69, 9.17) is 4.74 Å². The minimum atomic E-state index is -0.532. The van der Waals surface area contributed by atoms with Crippen molar-refractivity contribution >= 4 is 12.0 Å². The molecule has 132 valence electrons. The summed E-state index contributed by atoms with van der Waals surface area (Å²) in [5.41, 5.74) is 2.66. The molecule has 1 heterocycles. The summed E-state index contributed by atoms with van der Waals surface area (Å²) in [5, 5.41) is 5.41. The average Bonchev–Trinajstić information content (AvgIpc) is 2.59. The molecule has 0 unspecified atom stereocenters. The maximum Gasteiger partial charge on any atom is 0.338 e. The van der Waals surface area contributed by atoms with Crippen molar-refractivity contribution in [3.05, 3.63) is 46.7 Å². The van der Waals surface area contributed by atoms with E-state index in [9.17, 15) is 9.59 Å². The van der Waals surface area contributed by atoms with Crippen LogP contribution in [0.5, 0.6) is 0 Å². The summed E-state index contributed by atoms with van der Waals surface area (Å²) in [4.78, 5) is 24.1. The number of unbranched alkanes of at least 4 members (excludes halogenated alkanes) is 2. The van der Waals surface area contributed by atoms with Crippen LogP contribution >= 0.6 is 0 Å². The summed E-state index contributed by atoms with van der Waals surface area (Å²) in [7, 11) is 0. The Labute approximate surface area is 148 Å². The highest BCUT2D eigenvalue weighted by atomic mass is 16.5. The standard InChI is InChI=1S/C20H24N2O3/c1-4-6-7-8-9-15-10-12-16(13-11-15)18-17(19(23)25-5-2)14(3)21-20(24)22-18/h10-13,18H,4-7H2,1-3H3,(H2,21,22,24)/t18-/m0/s1. The smallest absolute Gasteiger partial charge is 0.338 e. The fraction of sp³-hybridized carbons (Fsp3) is 0.400. The lowest BCUT2D eigenvalue weighted by Crippen LogP contribution is -2.45. The maximum atomic E-state index is 12.3. The van der Waals surface area contributed by atoms with Crippen molar-refractivity contribution in [2.24, 2.45) is 0 Å². The first-order valence-electron chi connectivity index (χ1n) is 8.61. The van der Waals surface area contributed by atoms with Crippen LogP contribution in [0.4, 0.5) is 4.79 Å². The molecule has 0 spiro atoms. The van der Waals surface area contributed by atoms with Gasteiger partial charge in [-0.05, 0) is 38.0 Å². The first-order chi connectivity index (χ1) is 12.1. The fourth-order valence-corrected chi connectivity index (χ4v) is 2.61. The lowest BCUT2D eigenvalue weighted by atomic mass is 9.95. The molecule has 1 aliphatic rings. The number of ether oxygens (including phenoxy) is 1. The Kier molecular flexibility index (Phi) is 6.64. The highest BCUT2D eigenvalue weighted by molar-refractivity contribution is 5.95. The Balaban J connectivity index is 2.24. The Hall–Kier alpha value is -2.74. The van der Waals surface area contributed by atoms with E-state index in [-0.39, 0.29) is 12.6 Å². The monoisotopic (exact) mass is 340 g/mol. The van der Waals surface area contributed by atoms with Crippen molar-refractivity contribution in [3.63, 3.8) is 0 Å². The van der Waals surface area contributed by atoms with E-state index in [2.05, 4.69) is 29.4 Å². The highest BCUT2D eigenvalue weighted by Gasteiger charge is 2.31. The van der Waals surface area contributed by atoms with Crippen molar-refractivity contribution in [1.82, 2.24) is 10.6 Å². The minimum Gasteiger partial charge on any atom is -0.463 e. The zero-order valence-electron chi connectivity index (χ0n) is 14.9. The van der Waals surface area contributed by atoms with Crippen molar-refractivity contribution in [2.45, 2.75) is 46.1 Å². The number of nitrogens with one attached hydrogen (secondary N) is 2. The van der Waals surface area contributed by atoms with Gasteiger partial charge in [0.25, 0.3) is 0 Å². The second-order valence-electron chi connectivity index (χ2n) is 5.82. The number of hydrogen-bond donors (Lipinski definition) is 2. The second kappa shape index (κ2) is 8.93. The van der Waals surface area contributed by atoms with Gasteiger partial charge in [-0.15, -0.1) is 0 Å². The summed E-state index contributed by atoms with van der Waals surface area (Å²) in [5.74, 6) is 5.84. The number of carbonyl (C=O) groups is 2. The van der Waals surface area contributed by atoms with Crippen molar-refractivity contribution in [1.29, 1.82) is 0 Å². The Morgan fingerprint density at radius 2 is 1.96 bits per heavy atom. The third-order valence-electron chi connectivity index (χ3n) is 3.90. The van der Waals surface area contributed by atoms with Crippen LogP contribution in [0.15, 0.2) is 35.5 Å². The molecule has 2 amide bonds. The van der Waals surface area contributed by atoms with Crippen LogP contribution in [0.1, 0.15) is 57.2 Å². The summed E-state index contributed by atoms with van der Waals surface area (Å²) >= 11 is 0. The van der Waals surface area contributed by atoms with E-state index in [1.165, 1.54) is 0 Å². The van der Waals surface area contributed by atoms with Crippen molar-refractivity contribution in [3.8, 4) is 11.8 Å². The van der Waals surface area contributed by atoms with E-state index in [0.717, 1.165) is 30.4 Å². The number of rotatable bonds is 5. The number of allylic oxidation sites excluding steroid dienone is 1. The third kappa shape index (κ3) is 4.87. The van der Waals surface area contributed by atoms with Gasteiger partial charge < -0.3 is 15.4 Å². The van der Waals surface area contributed by atoms with Gasteiger partial charge in [-0.1, -0.05) is 37.3 Å². The number of amides is 2. The fourth-order valence-electron chi connectivity index (χ4n) is 2.61. The summed E-state index contributed by atoms with van der Waals surface area (Å²) in [6, 6.07) is 6.70. The molecule has 25 heavy (non-hydrogen) atoms. The van der Waals surface area contributed by atoms with Gasteiger partial charge in [0, 0.05) is 17.7 Å². The minimum absolute atomic E-state index is 0.280. The lowest BCUT2D eigenvalue weighted by molar-refractivity contribution is -0.139. The molecular weight excluding hydrogens is 316 g/mol. The van der Waals surface area contributed by atoms with Gasteiger partial charge in [0.15, 0.2) is 0 Å². The van der Waals surface area contributed by atoms with Crippen LogP contribution in [0, 0.1) is 11.8 Å². The largest absolute Gasteiger partial charge is 0.463 e. The molecule has 2 rings (SSSR count). The van der Waals surface area contributed by atoms with Crippen LogP contribution in [-0.2, 0) is 9.53 Å². The maximum absolute atomic E-state index is 12.3. The van der Waals surface area contributed by atoms with Gasteiger partial charge in [0.2, 0.25) is 0 Å². The summed E-state index contributed by atoms with van der Waals surface area (Å²) in [6.45, 7) is 5.87. The number of urea groups is 1. The predicted octanol–water partition coefficient (Wildman–Crippen LogP) is 3.42. The molecule has 0 aromatic heterocycles. The lowest BCUT2D eigenvalue weighted by Gasteiger charge is -2.28. The molecule has 0 fully saturated rings. The first kappa shape index (κ1) is 18.6. The van der Waals surface area contributed by atoms with Gasteiger partial charge in [-0.3, -0.25) is 0 Å². The number of benzene rings is 1. The van der Waals surface area contributed by atoms with Gasteiger partial charge in [0.1, 0.15) is 0 Å². The van der Waals surface area contributed by atoms with Gasteiger partial charge in [-0.25, -0.2) is 9.59 Å². The van der Waals surface area contributed by atoms with Crippen molar-refractivity contribution in [2.75, 3.05) is 6.61 Å². The summed E-state index contributed by atoms with van der Waals surface area (Å²) in [6.07, 6.45) is 3.11. The molecular formula is C20H24N2O3. The highest BCUT2D eigenvalue weighted by Crippen LogP contribution is 2.27. The molecule has 0 saturated carbocycles. The van der Waals surface area contributed by atoms with Crippen LogP contribution in [0.2, 0.25) is 0 Å². The molecule has 1 atom stereocenters. The SMILES string of the molecule is CCCCC#Cc1ccc([C@@H]2NC(=O)NC(C)=C2C(=O)OCC)cc1. The zero-order valence-corrected chi connectivity index (χ0v) is 14.9. The van der Waals surface area contributed by atoms with E-state index in [1.54, 1.807) is 13.8 Å². The molecule has 0 aliphatic carbocycles. The van der Waals surface area contributed by atoms with E-state index in [0.29, 0.717) is 11.3 Å². The Morgan fingerprint density at radius 3 is 2.60 bits per heavy atom. The normalized spacial score (nSPS) is 16.4. The molecule has 1 aromatic carbocycles. The quantitative estimate of drug-likeness (QED) is 0.490. The Morgan fingerprint density at radius 1 is 1.24 bits per heavy atom. The molecule has 0 bridgehead atoms. The van der Waals surface area contributed by atoms with E-state index >= 15 is 0 Å². The summed E-state index contributed by atoms with van der Waals surface area (Å²) < 4.78 is 5.13. The van der Waals surface area contributed by atoms with Crippen LogP contribution in [0.3, 0.4) is 0 Å². The van der Waals surface area contributed by atoms with Gasteiger partial charge in [0.05, 0.1) is 18.2 Å². The topological polar surface area (TPSA) is 67.4 Å². The number of hydrogen-bond acceptors (Lipinski definition) is 3. The number of esters is 1. The second-order valence-corrected chi connectivity index (χ2v) is 5.82. The van der Waals surface area contributed by atoms with Gasteiger partial charge >= 0.3 is 12.0 Å². The third-order valence-corrected chi connectivity index (χ3v) is 3.90. The molecule has 1 aliphatic heterocycles. The van der Waals surface area contributed by atoms with E-state index in [1.807, 2.05) is 24.3 Å². The van der Waals surface area contributed by atoms with Gasteiger partial charge in [-0.2, -0.15) is 0 Å². The number of carbonyl (C=O) groups excluding carboxylic acids is 2. The average molecular weight is 340 g/mol. The molecule has 5 nitrogen and oxygen atoms in total. The first-order valence-corrected chi connectivity index (χ1v) is 8.61. The van der Waals surface area contributed by atoms with Crippen LogP contribution in [-0.4, -0.2) is 18.6 Å². The van der Waals surface area contributed by atoms with Crippen molar-refractivity contribution < 1.29 is 14.3 Å². The van der Waals surface area contributed by atoms with Crippen LogP contribution in [0.25, 0.3) is 0 Å².